The molecule has 0 fully saturated rings. The fraction of sp³-hybridized carbons (Fsp3) is 0.500. The SMILES string of the molecule is CC(C)(C)OC(=O)COC(=O)[C@](C)(Cc1ccc(O)c(O)c1)NN. The molecule has 0 amide bonds. The maximum atomic E-state index is 12.2. The van der Waals surface area contributed by atoms with Crippen LogP contribution in [0.25, 0.3) is 0 Å². The van der Waals surface area contributed by atoms with E-state index in [0.29, 0.717) is 5.56 Å². The lowest BCUT2D eigenvalue weighted by Gasteiger charge is -2.27. The van der Waals surface area contributed by atoms with Crippen molar-refractivity contribution in [2.45, 2.75) is 45.3 Å². The Morgan fingerprint density at radius 1 is 1.17 bits per heavy atom. The van der Waals surface area contributed by atoms with Gasteiger partial charge >= 0.3 is 11.9 Å². The zero-order valence-corrected chi connectivity index (χ0v) is 14.3. The summed E-state index contributed by atoms with van der Waals surface area (Å²) in [5.74, 6) is 3.46. The van der Waals surface area contributed by atoms with Crippen molar-refractivity contribution in [3.63, 3.8) is 0 Å². The smallest absolute Gasteiger partial charge is 0.344 e. The standard InChI is InChI=1S/C16H24N2O6/c1-15(2,3)24-13(21)9-23-14(22)16(4,18-17)8-10-5-6-11(19)12(20)7-10/h5-7,18-20H,8-9,17H2,1-4H3/t16-/m0/s1. The lowest BCUT2D eigenvalue weighted by atomic mass is 9.93. The van der Waals surface area contributed by atoms with Gasteiger partial charge < -0.3 is 19.7 Å². The van der Waals surface area contributed by atoms with Crippen LogP contribution in [-0.2, 0) is 25.5 Å². The summed E-state index contributed by atoms with van der Waals surface area (Å²) >= 11 is 0. The van der Waals surface area contributed by atoms with Crippen LogP contribution in [0.2, 0.25) is 0 Å². The number of nitrogens with one attached hydrogen (secondary N) is 1. The molecule has 8 heteroatoms. The maximum absolute atomic E-state index is 12.2. The molecule has 0 heterocycles. The number of nitrogens with two attached hydrogens (primary N) is 1. The van der Waals surface area contributed by atoms with Gasteiger partial charge in [0.15, 0.2) is 18.1 Å². The molecule has 8 nitrogen and oxygen atoms in total. The predicted octanol–water partition coefficient (Wildman–Crippen LogP) is 0.747. The van der Waals surface area contributed by atoms with Crippen LogP contribution >= 0.6 is 0 Å². The molecule has 24 heavy (non-hydrogen) atoms. The second-order valence-corrected chi connectivity index (χ2v) is 6.64. The molecule has 1 aromatic rings. The number of hydrogen-bond acceptors (Lipinski definition) is 8. The first-order valence-corrected chi connectivity index (χ1v) is 7.34. The monoisotopic (exact) mass is 340 g/mol. The summed E-state index contributed by atoms with van der Waals surface area (Å²) in [6.07, 6.45) is 0.0739. The Hall–Kier alpha value is -2.32. The summed E-state index contributed by atoms with van der Waals surface area (Å²) in [6, 6.07) is 4.14. The molecule has 0 aromatic heterocycles. The highest BCUT2D eigenvalue weighted by molar-refractivity contribution is 5.83. The van der Waals surface area contributed by atoms with E-state index in [1.165, 1.54) is 25.1 Å². The second kappa shape index (κ2) is 7.50. The average Bonchev–Trinajstić information content (AvgIpc) is 2.46. The Kier molecular flexibility index (Phi) is 6.16. The number of carbonyl (C=O) groups excluding carboxylic acids is 2. The largest absolute Gasteiger partial charge is 0.504 e. The molecule has 0 aliphatic heterocycles. The Morgan fingerprint density at radius 2 is 1.79 bits per heavy atom. The minimum atomic E-state index is -1.33. The minimum Gasteiger partial charge on any atom is -0.504 e. The third kappa shape index (κ3) is 5.71. The van der Waals surface area contributed by atoms with Crippen molar-refractivity contribution < 1.29 is 29.3 Å². The van der Waals surface area contributed by atoms with E-state index in [1.54, 1.807) is 20.8 Å². The number of rotatable bonds is 6. The molecule has 0 spiro atoms. The van der Waals surface area contributed by atoms with Crippen LogP contribution in [0.15, 0.2) is 18.2 Å². The van der Waals surface area contributed by atoms with E-state index in [9.17, 15) is 19.8 Å². The minimum absolute atomic E-state index is 0.0739. The van der Waals surface area contributed by atoms with Gasteiger partial charge in [-0.25, -0.2) is 15.0 Å². The Balaban J connectivity index is 2.73. The summed E-state index contributed by atoms with van der Waals surface area (Å²) in [7, 11) is 0. The summed E-state index contributed by atoms with van der Waals surface area (Å²) in [5.41, 5.74) is 0.898. The van der Waals surface area contributed by atoms with E-state index in [2.05, 4.69) is 5.43 Å². The Labute approximate surface area is 140 Å². The molecule has 0 aliphatic rings. The molecular formula is C16H24N2O6. The maximum Gasteiger partial charge on any atom is 0.344 e. The van der Waals surface area contributed by atoms with Gasteiger partial charge in [-0.05, 0) is 45.4 Å². The van der Waals surface area contributed by atoms with E-state index in [4.69, 9.17) is 15.3 Å². The quantitative estimate of drug-likeness (QED) is 0.258. The first kappa shape index (κ1) is 19.7. The van der Waals surface area contributed by atoms with Crippen LogP contribution in [0.3, 0.4) is 0 Å². The molecule has 5 N–H and O–H groups in total. The van der Waals surface area contributed by atoms with Crippen LogP contribution in [-0.4, -0.2) is 39.9 Å². The number of benzene rings is 1. The van der Waals surface area contributed by atoms with Crippen LogP contribution in [0.1, 0.15) is 33.3 Å². The number of carbonyl (C=O) groups is 2. The summed E-state index contributed by atoms with van der Waals surface area (Å²) in [4.78, 5) is 23.8. The molecule has 1 aromatic carbocycles. The number of esters is 2. The first-order chi connectivity index (χ1) is 11.0. The van der Waals surface area contributed by atoms with Crippen molar-refractivity contribution in [1.29, 1.82) is 0 Å². The van der Waals surface area contributed by atoms with Gasteiger partial charge in [0, 0.05) is 6.42 Å². The van der Waals surface area contributed by atoms with Gasteiger partial charge in [0.1, 0.15) is 11.1 Å². The molecule has 134 valence electrons. The van der Waals surface area contributed by atoms with E-state index in [-0.39, 0.29) is 17.9 Å². The van der Waals surface area contributed by atoms with Gasteiger partial charge in [0.2, 0.25) is 0 Å². The van der Waals surface area contributed by atoms with Gasteiger partial charge in [-0.2, -0.15) is 0 Å². The molecule has 1 rings (SSSR count). The number of hydrazine groups is 1. The summed E-state index contributed by atoms with van der Waals surface area (Å²) in [6.45, 7) is 6.07. The van der Waals surface area contributed by atoms with Crippen molar-refractivity contribution in [3.8, 4) is 11.5 Å². The van der Waals surface area contributed by atoms with Gasteiger partial charge in [-0.3, -0.25) is 5.84 Å². The van der Waals surface area contributed by atoms with Gasteiger partial charge in [-0.1, -0.05) is 6.07 Å². The topological polar surface area (TPSA) is 131 Å². The lowest BCUT2D eigenvalue weighted by Crippen LogP contribution is -2.55. The highest BCUT2D eigenvalue weighted by atomic mass is 16.6. The molecule has 0 radical (unpaired) electrons. The number of ether oxygens (including phenoxy) is 2. The number of phenols is 2. The number of aromatic hydroxyl groups is 2. The van der Waals surface area contributed by atoms with E-state index >= 15 is 0 Å². The van der Waals surface area contributed by atoms with E-state index in [0.717, 1.165) is 0 Å². The van der Waals surface area contributed by atoms with Crippen LogP contribution in [0, 0.1) is 0 Å². The zero-order valence-electron chi connectivity index (χ0n) is 14.3. The fourth-order valence-electron chi connectivity index (χ4n) is 1.92. The molecule has 0 unspecified atom stereocenters. The number of phenolic OH excluding ortho intramolecular Hbond substituents is 2. The van der Waals surface area contributed by atoms with E-state index < -0.39 is 29.7 Å². The average molecular weight is 340 g/mol. The fourth-order valence-corrected chi connectivity index (χ4v) is 1.92. The Bertz CT molecular complexity index is 611. The molecule has 0 saturated carbocycles. The van der Waals surface area contributed by atoms with Gasteiger partial charge in [0.25, 0.3) is 0 Å². The summed E-state index contributed by atoms with van der Waals surface area (Å²) in [5, 5.41) is 18.8. The van der Waals surface area contributed by atoms with Crippen molar-refractivity contribution in [2.75, 3.05) is 6.61 Å². The van der Waals surface area contributed by atoms with Crippen molar-refractivity contribution in [3.05, 3.63) is 23.8 Å². The predicted molar refractivity (Wildman–Crippen MR) is 86.0 cm³/mol. The van der Waals surface area contributed by atoms with Gasteiger partial charge in [-0.15, -0.1) is 0 Å². The number of hydrogen-bond donors (Lipinski definition) is 4. The van der Waals surface area contributed by atoms with Crippen LogP contribution < -0.4 is 11.3 Å². The molecule has 0 aliphatic carbocycles. The first-order valence-electron chi connectivity index (χ1n) is 7.34. The van der Waals surface area contributed by atoms with Gasteiger partial charge in [0.05, 0.1) is 0 Å². The molecule has 0 saturated heterocycles. The molecule has 1 atom stereocenters. The Morgan fingerprint density at radius 3 is 2.29 bits per heavy atom. The van der Waals surface area contributed by atoms with Crippen molar-refractivity contribution in [2.24, 2.45) is 5.84 Å². The highest BCUT2D eigenvalue weighted by Crippen LogP contribution is 2.27. The zero-order chi connectivity index (χ0) is 18.5. The normalized spacial score (nSPS) is 13.9. The highest BCUT2D eigenvalue weighted by Gasteiger charge is 2.35. The van der Waals surface area contributed by atoms with E-state index in [1.807, 2.05) is 0 Å². The lowest BCUT2D eigenvalue weighted by molar-refractivity contribution is -0.169. The van der Waals surface area contributed by atoms with Crippen molar-refractivity contribution >= 4 is 11.9 Å². The second-order valence-electron chi connectivity index (χ2n) is 6.64. The summed E-state index contributed by atoms with van der Waals surface area (Å²) < 4.78 is 10.0. The van der Waals surface area contributed by atoms with Crippen LogP contribution in [0.4, 0.5) is 0 Å². The molecular weight excluding hydrogens is 316 g/mol. The third-order valence-corrected chi connectivity index (χ3v) is 3.11. The third-order valence-electron chi connectivity index (χ3n) is 3.11. The molecule has 0 bridgehead atoms. The van der Waals surface area contributed by atoms with Crippen molar-refractivity contribution in [1.82, 2.24) is 5.43 Å². The van der Waals surface area contributed by atoms with Crippen LogP contribution in [0.5, 0.6) is 11.5 Å².